The van der Waals surface area contributed by atoms with Crippen molar-refractivity contribution in [1.29, 1.82) is 0 Å². The van der Waals surface area contributed by atoms with E-state index in [-0.39, 0.29) is 18.1 Å². The van der Waals surface area contributed by atoms with Gasteiger partial charge in [-0.2, -0.15) is 0 Å². The smallest absolute Gasteiger partial charge is 0.232 e. The maximum Gasteiger partial charge on any atom is 0.232 e. The number of ketones is 1. The zero-order chi connectivity index (χ0) is 19.0. The van der Waals surface area contributed by atoms with Gasteiger partial charge in [0.2, 0.25) is 5.78 Å². The van der Waals surface area contributed by atoms with Crippen LogP contribution in [-0.2, 0) is 6.61 Å². The molecule has 2 aromatic carbocycles. The van der Waals surface area contributed by atoms with Crippen LogP contribution in [0.4, 0.5) is 0 Å². The molecule has 1 aliphatic heterocycles. The van der Waals surface area contributed by atoms with E-state index in [1.54, 1.807) is 42.5 Å². The summed E-state index contributed by atoms with van der Waals surface area (Å²) in [6, 6.07) is 12.2. The molecule has 0 atom stereocenters. The van der Waals surface area contributed by atoms with Crippen LogP contribution in [-0.4, -0.2) is 5.78 Å². The van der Waals surface area contributed by atoms with E-state index in [0.29, 0.717) is 32.9 Å². The number of carbonyl (C=O) groups is 1. The number of Topliss-reactive ketones (excluding diaryl/α,β-unsaturated/α-hetero) is 1. The molecule has 0 saturated carbocycles. The highest BCUT2D eigenvalue weighted by molar-refractivity contribution is 6.35. The summed E-state index contributed by atoms with van der Waals surface area (Å²) >= 11 is 12.1. The van der Waals surface area contributed by atoms with Crippen LogP contribution in [0, 0.1) is 6.92 Å². The molecule has 136 valence electrons. The third-order valence-electron chi connectivity index (χ3n) is 4.25. The molecule has 0 saturated heterocycles. The van der Waals surface area contributed by atoms with Crippen LogP contribution in [0.25, 0.3) is 6.08 Å². The Hall–Kier alpha value is -2.69. The summed E-state index contributed by atoms with van der Waals surface area (Å²) in [5, 5.41) is 1.11. The predicted octanol–water partition coefficient (Wildman–Crippen LogP) is 6.09. The number of hydrogen-bond donors (Lipinski definition) is 0. The first kappa shape index (κ1) is 17.7. The number of hydrogen-bond acceptors (Lipinski definition) is 4. The van der Waals surface area contributed by atoms with E-state index in [1.807, 2.05) is 13.0 Å². The number of ether oxygens (including phenoxy) is 2. The Kier molecular flexibility index (Phi) is 4.68. The van der Waals surface area contributed by atoms with E-state index in [0.717, 1.165) is 11.1 Å². The quantitative estimate of drug-likeness (QED) is 0.497. The van der Waals surface area contributed by atoms with E-state index in [2.05, 4.69) is 0 Å². The van der Waals surface area contributed by atoms with Crippen molar-refractivity contribution in [3.63, 3.8) is 0 Å². The summed E-state index contributed by atoms with van der Waals surface area (Å²) in [4.78, 5) is 12.5. The average molecular weight is 401 g/mol. The number of allylic oxidation sites excluding steroid dienone is 1. The van der Waals surface area contributed by atoms with Crippen LogP contribution in [0.3, 0.4) is 0 Å². The maximum atomic E-state index is 12.5. The molecule has 3 aromatic rings. The molecule has 0 radical (unpaired) electrons. The Labute approximate surface area is 165 Å². The van der Waals surface area contributed by atoms with Gasteiger partial charge in [-0.25, -0.2) is 0 Å². The van der Waals surface area contributed by atoms with Gasteiger partial charge in [-0.15, -0.1) is 0 Å². The van der Waals surface area contributed by atoms with Crippen molar-refractivity contribution < 1.29 is 18.7 Å². The molecule has 0 amide bonds. The molecule has 6 heteroatoms. The molecule has 0 aliphatic carbocycles. The minimum absolute atomic E-state index is 0.184. The van der Waals surface area contributed by atoms with Gasteiger partial charge in [0, 0.05) is 27.2 Å². The second kappa shape index (κ2) is 7.14. The fourth-order valence-corrected chi connectivity index (χ4v) is 3.28. The lowest BCUT2D eigenvalue weighted by atomic mass is 10.1. The van der Waals surface area contributed by atoms with Crippen molar-refractivity contribution in [3.8, 4) is 11.5 Å². The van der Waals surface area contributed by atoms with Gasteiger partial charge >= 0.3 is 0 Å². The van der Waals surface area contributed by atoms with Crippen LogP contribution in [0.15, 0.2) is 58.9 Å². The first-order valence-electron chi connectivity index (χ1n) is 8.21. The van der Waals surface area contributed by atoms with Crippen molar-refractivity contribution in [3.05, 3.63) is 87.0 Å². The standard InChI is InChI=1S/C21H14Cl2O4/c1-12-18(26-11-13-4-5-14(22)9-17(13)23)7-6-16-20(24)19(27-21(12)16)10-15-3-2-8-25-15/h2-10H,11H2,1H3/b19-10-. The minimum Gasteiger partial charge on any atom is -0.488 e. The molecule has 0 N–H and O–H groups in total. The van der Waals surface area contributed by atoms with Gasteiger partial charge < -0.3 is 13.9 Å². The zero-order valence-corrected chi connectivity index (χ0v) is 15.8. The summed E-state index contributed by atoms with van der Waals surface area (Å²) in [5.74, 6) is 1.71. The summed E-state index contributed by atoms with van der Waals surface area (Å²) in [5.41, 5.74) is 2.06. The van der Waals surface area contributed by atoms with Crippen LogP contribution < -0.4 is 9.47 Å². The third kappa shape index (κ3) is 3.46. The van der Waals surface area contributed by atoms with Gasteiger partial charge in [0.05, 0.1) is 11.8 Å². The molecule has 4 nitrogen and oxygen atoms in total. The van der Waals surface area contributed by atoms with E-state index in [4.69, 9.17) is 37.1 Å². The Balaban J connectivity index is 1.57. The second-order valence-electron chi connectivity index (χ2n) is 6.04. The van der Waals surface area contributed by atoms with Crippen molar-refractivity contribution in [1.82, 2.24) is 0 Å². The molecule has 0 unspecified atom stereocenters. The largest absolute Gasteiger partial charge is 0.488 e. The highest BCUT2D eigenvalue weighted by atomic mass is 35.5. The van der Waals surface area contributed by atoms with Gasteiger partial charge in [-0.05, 0) is 43.3 Å². The van der Waals surface area contributed by atoms with Gasteiger partial charge in [0.1, 0.15) is 23.9 Å². The minimum atomic E-state index is -0.184. The lowest BCUT2D eigenvalue weighted by molar-refractivity contribution is 0.101. The summed E-state index contributed by atoms with van der Waals surface area (Å²) in [7, 11) is 0. The highest BCUT2D eigenvalue weighted by Gasteiger charge is 2.30. The Morgan fingerprint density at radius 2 is 2.00 bits per heavy atom. The van der Waals surface area contributed by atoms with Crippen molar-refractivity contribution in [2.24, 2.45) is 0 Å². The van der Waals surface area contributed by atoms with E-state index < -0.39 is 0 Å². The maximum absolute atomic E-state index is 12.5. The molecule has 4 rings (SSSR count). The van der Waals surface area contributed by atoms with Crippen molar-refractivity contribution in [2.45, 2.75) is 13.5 Å². The molecule has 1 aliphatic rings. The molecule has 0 fully saturated rings. The zero-order valence-electron chi connectivity index (χ0n) is 14.3. The van der Waals surface area contributed by atoms with Crippen LogP contribution in [0.2, 0.25) is 10.0 Å². The predicted molar refractivity (Wildman–Crippen MR) is 104 cm³/mol. The molecular weight excluding hydrogens is 387 g/mol. The first-order valence-corrected chi connectivity index (χ1v) is 8.96. The molecule has 1 aromatic heterocycles. The van der Waals surface area contributed by atoms with Crippen molar-refractivity contribution >= 4 is 35.1 Å². The average Bonchev–Trinajstić information content (AvgIpc) is 3.26. The molecule has 0 spiro atoms. The van der Waals surface area contributed by atoms with Gasteiger partial charge in [-0.1, -0.05) is 29.3 Å². The highest BCUT2D eigenvalue weighted by Crippen LogP contribution is 2.39. The molecule has 0 bridgehead atoms. The lowest BCUT2D eigenvalue weighted by Gasteiger charge is -2.12. The Morgan fingerprint density at radius 1 is 1.15 bits per heavy atom. The first-order chi connectivity index (χ1) is 13.0. The lowest BCUT2D eigenvalue weighted by Crippen LogP contribution is -1.99. The monoisotopic (exact) mass is 400 g/mol. The summed E-state index contributed by atoms with van der Waals surface area (Å²) < 4.78 is 16.9. The normalized spacial score (nSPS) is 14.3. The molecule has 27 heavy (non-hydrogen) atoms. The Bertz CT molecular complexity index is 1050. The number of benzene rings is 2. The number of rotatable bonds is 4. The van der Waals surface area contributed by atoms with E-state index >= 15 is 0 Å². The number of carbonyl (C=O) groups excluding carboxylic acids is 1. The fraction of sp³-hybridized carbons (Fsp3) is 0.0952. The van der Waals surface area contributed by atoms with E-state index in [9.17, 15) is 4.79 Å². The van der Waals surface area contributed by atoms with Crippen LogP contribution >= 0.6 is 23.2 Å². The molecule has 2 heterocycles. The number of halogens is 2. The number of fused-ring (bicyclic) bond motifs is 1. The topological polar surface area (TPSA) is 48.7 Å². The van der Waals surface area contributed by atoms with Crippen molar-refractivity contribution in [2.75, 3.05) is 0 Å². The fourth-order valence-electron chi connectivity index (χ4n) is 2.82. The van der Waals surface area contributed by atoms with Gasteiger partial charge in [0.25, 0.3) is 0 Å². The second-order valence-corrected chi connectivity index (χ2v) is 6.89. The van der Waals surface area contributed by atoms with Crippen LogP contribution in [0.5, 0.6) is 11.5 Å². The number of furan rings is 1. The third-order valence-corrected chi connectivity index (χ3v) is 4.84. The van der Waals surface area contributed by atoms with E-state index in [1.165, 1.54) is 6.26 Å². The van der Waals surface area contributed by atoms with Gasteiger partial charge in [-0.3, -0.25) is 4.79 Å². The summed E-state index contributed by atoms with van der Waals surface area (Å²) in [6.07, 6.45) is 3.12. The van der Waals surface area contributed by atoms with Crippen LogP contribution in [0.1, 0.15) is 27.2 Å². The summed E-state index contributed by atoms with van der Waals surface area (Å²) in [6.45, 7) is 2.12. The SMILES string of the molecule is Cc1c(OCc2ccc(Cl)cc2Cl)ccc2c1O/C(=C\c1ccco1)C2=O. The molecular formula is C21H14Cl2O4. The Morgan fingerprint density at radius 3 is 2.74 bits per heavy atom. The van der Waals surface area contributed by atoms with Gasteiger partial charge in [0.15, 0.2) is 5.76 Å².